The van der Waals surface area contributed by atoms with Crippen LogP contribution in [0.25, 0.3) is 0 Å². The normalized spacial score (nSPS) is 14.5. The lowest BCUT2D eigenvalue weighted by Gasteiger charge is -2.17. The zero-order chi connectivity index (χ0) is 12.1. The van der Waals surface area contributed by atoms with Crippen molar-refractivity contribution in [2.75, 3.05) is 0 Å². The summed E-state index contributed by atoms with van der Waals surface area (Å²) in [6.07, 6.45) is 0. The number of hydrogen-bond acceptors (Lipinski definition) is 2. The maximum absolute atomic E-state index is 5.86. The molecule has 0 bridgehead atoms. The summed E-state index contributed by atoms with van der Waals surface area (Å²) in [5.74, 6) is 0.980. The lowest BCUT2D eigenvalue weighted by atomic mass is 10.0. The van der Waals surface area contributed by atoms with Gasteiger partial charge < -0.3 is 11.1 Å². The summed E-state index contributed by atoms with van der Waals surface area (Å²) in [5.41, 5.74) is 5.86. The smallest absolute Gasteiger partial charge is 0.189 e. The molecule has 0 aliphatic rings. The van der Waals surface area contributed by atoms with E-state index in [1.54, 1.807) is 11.3 Å². The van der Waals surface area contributed by atoms with Gasteiger partial charge in [-0.05, 0) is 31.2 Å². The molecule has 0 spiro atoms. The van der Waals surface area contributed by atoms with Gasteiger partial charge in [0.15, 0.2) is 5.96 Å². The summed E-state index contributed by atoms with van der Waals surface area (Å²) < 4.78 is 0. The van der Waals surface area contributed by atoms with Gasteiger partial charge in [-0.25, -0.2) is 4.99 Å². The Labute approximate surface area is 102 Å². The fourth-order valence-electron chi connectivity index (χ4n) is 1.48. The van der Waals surface area contributed by atoms with Crippen LogP contribution in [0.4, 0.5) is 0 Å². The zero-order valence-electron chi connectivity index (χ0n) is 10.4. The van der Waals surface area contributed by atoms with E-state index < -0.39 is 0 Å². The van der Waals surface area contributed by atoms with Crippen molar-refractivity contribution in [3.8, 4) is 0 Å². The van der Waals surface area contributed by atoms with Crippen LogP contribution in [-0.2, 0) is 0 Å². The molecule has 1 aromatic rings. The van der Waals surface area contributed by atoms with E-state index >= 15 is 0 Å². The monoisotopic (exact) mass is 239 g/mol. The van der Waals surface area contributed by atoms with Crippen LogP contribution in [0.15, 0.2) is 22.5 Å². The molecule has 1 rings (SSSR count). The number of aliphatic imine (C=N–C) groups is 1. The summed E-state index contributed by atoms with van der Waals surface area (Å²) in [7, 11) is 0. The first kappa shape index (κ1) is 13.0. The predicted octanol–water partition coefficient (Wildman–Crippen LogP) is 2.76. The highest BCUT2D eigenvalue weighted by Gasteiger charge is 2.16. The minimum atomic E-state index is 0.159. The number of nitrogens with zero attached hydrogens (tertiary/aromatic N) is 1. The Morgan fingerprint density at radius 1 is 1.38 bits per heavy atom. The van der Waals surface area contributed by atoms with Crippen molar-refractivity contribution < 1.29 is 0 Å². The highest BCUT2D eigenvalue weighted by atomic mass is 32.1. The first-order valence-electron chi connectivity index (χ1n) is 5.64. The van der Waals surface area contributed by atoms with Crippen molar-refractivity contribution in [2.24, 2.45) is 16.6 Å². The molecular formula is C12H21N3S. The van der Waals surface area contributed by atoms with Crippen LogP contribution in [0, 0.1) is 5.92 Å². The van der Waals surface area contributed by atoms with E-state index in [4.69, 9.17) is 5.73 Å². The van der Waals surface area contributed by atoms with Crippen LogP contribution in [0.2, 0.25) is 0 Å². The van der Waals surface area contributed by atoms with E-state index in [1.165, 1.54) is 4.88 Å². The number of rotatable bonds is 4. The van der Waals surface area contributed by atoms with Crippen LogP contribution < -0.4 is 11.1 Å². The molecular weight excluding hydrogens is 218 g/mol. The lowest BCUT2D eigenvalue weighted by Crippen LogP contribution is -2.37. The van der Waals surface area contributed by atoms with Crippen molar-refractivity contribution in [1.82, 2.24) is 5.32 Å². The maximum Gasteiger partial charge on any atom is 0.189 e. The molecule has 3 nitrogen and oxygen atoms in total. The Morgan fingerprint density at radius 3 is 2.50 bits per heavy atom. The molecule has 3 N–H and O–H groups in total. The first-order chi connectivity index (χ1) is 7.50. The topological polar surface area (TPSA) is 50.4 Å². The summed E-state index contributed by atoms with van der Waals surface area (Å²) in [4.78, 5) is 5.82. The standard InChI is InChI=1S/C12H21N3S/c1-8(2)11(10-6-5-7-16-10)15-12(13)14-9(3)4/h5-9,11H,1-4H3,(H3,13,14,15). The molecule has 0 saturated heterocycles. The van der Waals surface area contributed by atoms with Crippen molar-refractivity contribution in [3.63, 3.8) is 0 Å². The predicted molar refractivity (Wildman–Crippen MR) is 71.8 cm³/mol. The molecule has 16 heavy (non-hydrogen) atoms. The molecule has 1 heterocycles. The Bertz CT molecular complexity index is 328. The Hall–Kier alpha value is -1.03. The van der Waals surface area contributed by atoms with Crippen LogP contribution in [-0.4, -0.2) is 12.0 Å². The largest absolute Gasteiger partial charge is 0.370 e. The van der Waals surface area contributed by atoms with E-state index in [9.17, 15) is 0 Å². The highest BCUT2D eigenvalue weighted by Crippen LogP contribution is 2.29. The molecule has 1 atom stereocenters. The van der Waals surface area contributed by atoms with Gasteiger partial charge in [0.2, 0.25) is 0 Å². The molecule has 4 heteroatoms. The van der Waals surface area contributed by atoms with Crippen LogP contribution in [0.3, 0.4) is 0 Å². The van der Waals surface area contributed by atoms with Crippen LogP contribution in [0.1, 0.15) is 38.6 Å². The van der Waals surface area contributed by atoms with E-state index in [1.807, 2.05) is 0 Å². The third kappa shape index (κ3) is 3.85. The van der Waals surface area contributed by atoms with Gasteiger partial charge in [-0.15, -0.1) is 11.3 Å². The molecule has 1 unspecified atom stereocenters. The van der Waals surface area contributed by atoms with E-state index in [-0.39, 0.29) is 6.04 Å². The first-order valence-corrected chi connectivity index (χ1v) is 6.52. The van der Waals surface area contributed by atoms with Gasteiger partial charge in [0.25, 0.3) is 0 Å². The van der Waals surface area contributed by atoms with Crippen LogP contribution in [0.5, 0.6) is 0 Å². The summed E-state index contributed by atoms with van der Waals surface area (Å²) in [6, 6.07) is 4.64. The molecule has 0 aliphatic carbocycles. The molecule has 0 saturated carbocycles. The molecule has 0 radical (unpaired) electrons. The molecule has 0 aliphatic heterocycles. The minimum Gasteiger partial charge on any atom is -0.370 e. The van der Waals surface area contributed by atoms with Crippen LogP contribution >= 0.6 is 11.3 Å². The third-order valence-electron chi connectivity index (χ3n) is 2.18. The molecule has 0 aromatic carbocycles. The Balaban J connectivity index is 2.80. The van der Waals surface area contributed by atoms with Gasteiger partial charge >= 0.3 is 0 Å². The van der Waals surface area contributed by atoms with E-state index in [2.05, 4.69) is 55.5 Å². The number of thiophene rings is 1. The van der Waals surface area contributed by atoms with Gasteiger partial charge in [0, 0.05) is 10.9 Å². The second-order valence-electron chi connectivity index (χ2n) is 4.52. The molecule has 0 amide bonds. The van der Waals surface area contributed by atoms with Crippen molar-refractivity contribution in [2.45, 2.75) is 39.8 Å². The number of guanidine groups is 1. The van der Waals surface area contributed by atoms with Gasteiger partial charge in [-0.1, -0.05) is 19.9 Å². The Kier molecular flexibility index (Phi) is 4.80. The summed E-state index contributed by atoms with van der Waals surface area (Å²) in [6.45, 7) is 8.43. The van der Waals surface area contributed by atoms with E-state index in [0.717, 1.165) is 0 Å². The Morgan fingerprint density at radius 2 is 2.06 bits per heavy atom. The molecule has 1 aromatic heterocycles. The fourth-order valence-corrected chi connectivity index (χ4v) is 2.42. The summed E-state index contributed by atoms with van der Waals surface area (Å²) >= 11 is 1.73. The molecule has 0 fully saturated rings. The minimum absolute atomic E-state index is 0.159. The average molecular weight is 239 g/mol. The van der Waals surface area contributed by atoms with Gasteiger partial charge in [0.05, 0.1) is 6.04 Å². The number of hydrogen-bond donors (Lipinski definition) is 2. The van der Waals surface area contributed by atoms with E-state index in [0.29, 0.717) is 17.9 Å². The summed E-state index contributed by atoms with van der Waals surface area (Å²) in [5, 5.41) is 5.20. The van der Waals surface area contributed by atoms with Crippen molar-refractivity contribution in [3.05, 3.63) is 22.4 Å². The lowest BCUT2D eigenvalue weighted by molar-refractivity contribution is 0.519. The van der Waals surface area contributed by atoms with Crippen molar-refractivity contribution in [1.29, 1.82) is 0 Å². The number of nitrogens with one attached hydrogen (secondary N) is 1. The average Bonchev–Trinajstić information content (AvgIpc) is 2.64. The van der Waals surface area contributed by atoms with Crippen molar-refractivity contribution >= 4 is 17.3 Å². The second-order valence-corrected chi connectivity index (χ2v) is 5.50. The highest BCUT2D eigenvalue weighted by molar-refractivity contribution is 7.10. The molecule has 90 valence electrons. The SMILES string of the molecule is CC(C)NC(N)=NC(c1cccs1)C(C)C. The van der Waals surface area contributed by atoms with Gasteiger partial charge in [-0.3, -0.25) is 0 Å². The fraction of sp³-hybridized carbons (Fsp3) is 0.583. The second kappa shape index (κ2) is 5.89. The third-order valence-corrected chi connectivity index (χ3v) is 3.12. The van der Waals surface area contributed by atoms with Gasteiger partial charge in [0.1, 0.15) is 0 Å². The van der Waals surface area contributed by atoms with Gasteiger partial charge in [-0.2, -0.15) is 0 Å². The maximum atomic E-state index is 5.86. The zero-order valence-corrected chi connectivity index (χ0v) is 11.2. The number of nitrogens with two attached hydrogens (primary N) is 1. The quantitative estimate of drug-likeness (QED) is 0.627.